The first kappa shape index (κ1) is 16.4. The van der Waals surface area contributed by atoms with Gasteiger partial charge in [0.2, 0.25) is 0 Å². The zero-order chi connectivity index (χ0) is 15.8. The molecule has 2 atom stereocenters. The van der Waals surface area contributed by atoms with Crippen molar-refractivity contribution >= 4 is 12.3 Å². The van der Waals surface area contributed by atoms with Gasteiger partial charge in [0.1, 0.15) is 6.29 Å². The summed E-state index contributed by atoms with van der Waals surface area (Å²) in [4.78, 5) is 22.7. The number of aliphatic carboxylic acids is 1. The van der Waals surface area contributed by atoms with Crippen LogP contribution in [0, 0.1) is 11.3 Å². The number of carbonyl (C=O) groups is 2. The van der Waals surface area contributed by atoms with E-state index in [1.54, 1.807) is 0 Å². The van der Waals surface area contributed by atoms with Crippen LogP contribution in [0.15, 0.2) is 42.5 Å². The zero-order valence-corrected chi connectivity index (χ0v) is 12.6. The number of rotatable bonds is 8. The molecule has 118 valence electrons. The Balaban J connectivity index is 1.90. The predicted molar refractivity (Wildman–Crippen MR) is 83.3 cm³/mol. The van der Waals surface area contributed by atoms with Crippen LogP contribution in [-0.4, -0.2) is 24.0 Å². The van der Waals surface area contributed by atoms with Crippen molar-refractivity contribution in [3.05, 3.63) is 48.0 Å². The fourth-order valence-corrected chi connectivity index (χ4v) is 2.99. The number of hydrogen-bond donors (Lipinski definition) is 1. The van der Waals surface area contributed by atoms with Crippen molar-refractivity contribution in [2.24, 2.45) is 11.3 Å². The van der Waals surface area contributed by atoms with Crippen LogP contribution in [0.2, 0.25) is 0 Å². The molecule has 0 spiro atoms. The average Bonchev–Trinajstić information content (AvgIpc) is 2.54. The number of benzene rings is 1. The number of aldehydes is 1. The third-order valence-electron chi connectivity index (χ3n) is 4.34. The maximum atomic E-state index is 11.7. The van der Waals surface area contributed by atoms with E-state index < -0.39 is 11.4 Å². The second-order valence-electron chi connectivity index (χ2n) is 5.81. The fraction of sp³-hybridized carbons (Fsp3) is 0.444. The minimum absolute atomic E-state index is 0.00603. The summed E-state index contributed by atoms with van der Waals surface area (Å²) in [6, 6.07) is 9.86. The van der Waals surface area contributed by atoms with Crippen LogP contribution in [0.25, 0.3) is 0 Å². The smallest absolute Gasteiger partial charge is 0.303 e. The topological polar surface area (TPSA) is 63.6 Å². The lowest BCUT2D eigenvalue weighted by Gasteiger charge is -2.36. The van der Waals surface area contributed by atoms with Gasteiger partial charge in [-0.05, 0) is 30.7 Å². The van der Waals surface area contributed by atoms with Gasteiger partial charge in [0, 0.05) is 12.0 Å². The molecule has 1 aromatic rings. The molecule has 0 unspecified atom stereocenters. The van der Waals surface area contributed by atoms with Gasteiger partial charge in [-0.15, -0.1) is 0 Å². The highest BCUT2D eigenvalue weighted by molar-refractivity contribution is 5.70. The van der Waals surface area contributed by atoms with Crippen molar-refractivity contribution in [2.75, 3.05) is 6.61 Å². The van der Waals surface area contributed by atoms with Crippen molar-refractivity contribution in [2.45, 2.75) is 32.3 Å². The van der Waals surface area contributed by atoms with E-state index in [1.807, 2.05) is 42.5 Å². The Morgan fingerprint density at radius 2 is 2.14 bits per heavy atom. The second kappa shape index (κ2) is 7.90. The van der Waals surface area contributed by atoms with E-state index in [1.165, 1.54) is 0 Å². The van der Waals surface area contributed by atoms with Gasteiger partial charge in [-0.1, -0.05) is 42.5 Å². The van der Waals surface area contributed by atoms with Crippen LogP contribution in [0.3, 0.4) is 0 Å². The molecule has 0 heterocycles. The van der Waals surface area contributed by atoms with Crippen LogP contribution < -0.4 is 0 Å². The number of allylic oxidation sites excluding steroid dienone is 2. The van der Waals surface area contributed by atoms with Gasteiger partial charge in [-0.3, -0.25) is 4.79 Å². The third kappa shape index (κ3) is 4.28. The molecule has 0 saturated heterocycles. The number of carboxylic acids is 1. The molecule has 4 heteroatoms. The largest absolute Gasteiger partial charge is 0.481 e. The van der Waals surface area contributed by atoms with Gasteiger partial charge in [0.05, 0.1) is 13.0 Å². The molecular weight excluding hydrogens is 280 g/mol. The van der Waals surface area contributed by atoms with E-state index in [4.69, 9.17) is 9.84 Å². The molecule has 1 aliphatic rings. The van der Waals surface area contributed by atoms with E-state index in [0.29, 0.717) is 26.1 Å². The molecule has 0 aromatic heterocycles. The van der Waals surface area contributed by atoms with Crippen molar-refractivity contribution in [3.8, 4) is 0 Å². The number of ether oxygens (including phenoxy) is 1. The third-order valence-corrected chi connectivity index (χ3v) is 4.34. The Labute approximate surface area is 130 Å². The summed E-state index contributed by atoms with van der Waals surface area (Å²) >= 11 is 0. The van der Waals surface area contributed by atoms with E-state index in [2.05, 4.69) is 0 Å². The van der Waals surface area contributed by atoms with Crippen LogP contribution in [0.5, 0.6) is 0 Å². The standard InChI is InChI=1S/C18H22O4/c19-14-18(9-5-4-8-16(18)12-17(20)21)10-11-22-13-15-6-2-1-3-7-15/h1-4,6-8,14,16H,5,9-13H2,(H,20,21)/t16-,18-/m0/s1. The fourth-order valence-electron chi connectivity index (χ4n) is 2.99. The lowest BCUT2D eigenvalue weighted by atomic mass is 9.67. The summed E-state index contributed by atoms with van der Waals surface area (Å²) in [7, 11) is 0. The van der Waals surface area contributed by atoms with Crippen molar-refractivity contribution in [1.29, 1.82) is 0 Å². The van der Waals surface area contributed by atoms with Crippen molar-refractivity contribution in [1.82, 2.24) is 0 Å². The highest BCUT2D eigenvalue weighted by Gasteiger charge is 2.39. The zero-order valence-electron chi connectivity index (χ0n) is 12.6. The minimum atomic E-state index is -0.868. The Bertz CT molecular complexity index is 523. The minimum Gasteiger partial charge on any atom is -0.481 e. The van der Waals surface area contributed by atoms with Gasteiger partial charge in [0.25, 0.3) is 0 Å². The first-order valence-electron chi connectivity index (χ1n) is 7.63. The highest BCUT2D eigenvalue weighted by Crippen LogP contribution is 2.41. The van der Waals surface area contributed by atoms with E-state index in [0.717, 1.165) is 18.3 Å². The van der Waals surface area contributed by atoms with Gasteiger partial charge in [-0.2, -0.15) is 0 Å². The molecule has 0 amide bonds. The number of hydrogen-bond acceptors (Lipinski definition) is 3. The molecule has 0 radical (unpaired) electrons. The molecule has 0 saturated carbocycles. The maximum Gasteiger partial charge on any atom is 0.303 e. The second-order valence-corrected chi connectivity index (χ2v) is 5.81. The van der Waals surface area contributed by atoms with Gasteiger partial charge in [0.15, 0.2) is 0 Å². The van der Waals surface area contributed by atoms with Crippen LogP contribution in [0.1, 0.15) is 31.2 Å². The van der Waals surface area contributed by atoms with E-state index in [9.17, 15) is 9.59 Å². The molecule has 0 fully saturated rings. The predicted octanol–water partition coefficient (Wildman–Crippen LogP) is 3.22. The van der Waals surface area contributed by atoms with Crippen molar-refractivity contribution < 1.29 is 19.4 Å². The molecule has 4 nitrogen and oxygen atoms in total. The average molecular weight is 302 g/mol. The maximum absolute atomic E-state index is 11.7. The first-order valence-corrected chi connectivity index (χ1v) is 7.63. The molecule has 0 bridgehead atoms. The lowest BCUT2D eigenvalue weighted by molar-refractivity contribution is -0.139. The van der Waals surface area contributed by atoms with Crippen LogP contribution in [-0.2, 0) is 20.9 Å². The lowest BCUT2D eigenvalue weighted by Crippen LogP contribution is -2.36. The molecule has 2 rings (SSSR count). The molecule has 1 aliphatic carbocycles. The molecule has 1 N–H and O–H groups in total. The van der Waals surface area contributed by atoms with Gasteiger partial charge < -0.3 is 14.6 Å². The van der Waals surface area contributed by atoms with Gasteiger partial charge in [-0.25, -0.2) is 0 Å². The van der Waals surface area contributed by atoms with Crippen LogP contribution >= 0.6 is 0 Å². The Kier molecular flexibility index (Phi) is 5.90. The van der Waals surface area contributed by atoms with Gasteiger partial charge >= 0.3 is 5.97 Å². The molecular formula is C18H22O4. The first-order chi connectivity index (χ1) is 10.7. The monoisotopic (exact) mass is 302 g/mol. The summed E-state index contributed by atoms with van der Waals surface area (Å²) in [5, 5.41) is 9.03. The number of carboxylic acid groups (broad SMARTS) is 1. The Morgan fingerprint density at radius 3 is 2.82 bits per heavy atom. The molecule has 0 aliphatic heterocycles. The highest BCUT2D eigenvalue weighted by atomic mass is 16.5. The molecule has 22 heavy (non-hydrogen) atoms. The summed E-state index contributed by atoms with van der Waals surface area (Å²) in [5.74, 6) is -1.11. The van der Waals surface area contributed by atoms with Crippen LogP contribution in [0.4, 0.5) is 0 Å². The summed E-state index contributed by atoms with van der Waals surface area (Å²) in [6.45, 7) is 0.965. The Hall–Kier alpha value is -1.94. The Morgan fingerprint density at radius 1 is 1.36 bits per heavy atom. The van der Waals surface area contributed by atoms with Crippen molar-refractivity contribution in [3.63, 3.8) is 0 Å². The van der Waals surface area contributed by atoms with E-state index in [-0.39, 0.29) is 12.3 Å². The number of carbonyl (C=O) groups excluding carboxylic acids is 1. The SMILES string of the molecule is O=C[C@@]1(CCOCc2ccccc2)CCC=C[C@H]1CC(=O)O. The summed E-state index contributed by atoms with van der Waals surface area (Å²) < 4.78 is 5.67. The normalized spacial score (nSPS) is 24.1. The summed E-state index contributed by atoms with van der Waals surface area (Å²) in [5.41, 5.74) is 0.484. The summed E-state index contributed by atoms with van der Waals surface area (Å²) in [6.07, 6.45) is 6.85. The molecule has 1 aromatic carbocycles. The van der Waals surface area contributed by atoms with E-state index >= 15 is 0 Å². The quantitative estimate of drug-likeness (QED) is 0.455.